The van der Waals surface area contributed by atoms with Crippen molar-refractivity contribution in [3.05, 3.63) is 60.2 Å². The molecule has 3 rings (SSSR count). The molecule has 1 saturated heterocycles. The quantitative estimate of drug-likeness (QED) is 0.635. The SMILES string of the molecule is NC(=NCC(=O)N1CCN(c2ccccc2)CC1)Nc1cc(F)ccc1F. The number of aliphatic imine (C=N–C) groups is 1. The summed E-state index contributed by atoms with van der Waals surface area (Å²) in [5.74, 6) is -1.56. The van der Waals surface area contributed by atoms with Crippen molar-refractivity contribution in [3.8, 4) is 0 Å². The number of para-hydroxylation sites is 1. The maximum Gasteiger partial charge on any atom is 0.244 e. The lowest BCUT2D eigenvalue weighted by atomic mass is 10.2. The summed E-state index contributed by atoms with van der Waals surface area (Å²) >= 11 is 0. The third kappa shape index (κ3) is 4.93. The number of carbonyl (C=O) groups excluding carboxylic acids is 1. The first kappa shape index (κ1) is 18.6. The number of rotatable bonds is 4. The fourth-order valence-electron chi connectivity index (χ4n) is 2.88. The van der Waals surface area contributed by atoms with E-state index in [1.165, 1.54) is 0 Å². The largest absolute Gasteiger partial charge is 0.370 e. The second kappa shape index (κ2) is 8.48. The molecular weight excluding hydrogens is 352 g/mol. The lowest BCUT2D eigenvalue weighted by molar-refractivity contribution is -0.129. The third-order valence-corrected chi connectivity index (χ3v) is 4.33. The van der Waals surface area contributed by atoms with Crippen molar-refractivity contribution in [1.82, 2.24) is 4.90 Å². The van der Waals surface area contributed by atoms with Gasteiger partial charge in [-0.1, -0.05) is 18.2 Å². The molecule has 1 amide bonds. The van der Waals surface area contributed by atoms with Crippen LogP contribution in [0.15, 0.2) is 53.5 Å². The summed E-state index contributed by atoms with van der Waals surface area (Å²) in [7, 11) is 0. The topological polar surface area (TPSA) is 74.0 Å². The molecule has 0 radical (unpaired) electrons. The minimum atomic E-state index is -0.655. The van der Waals surface area contributed by atoms with Crippen molar-refractivity contribution < 1.29 is 13.6 Å². The van der Waals surface area contributed by atoms with Crippen LogP contribution in [-0.2, 0) is 4.79 Å². The van der Waals surface area contributed by atoms with Gasteiger partial charge in [-0.2, -0.15) is 0 Å². The van der Waals surface area contributed by atoms with Gasteiger partial charge in [0.1, 0.15) is 18.2 Å². The monoisotopic (exact) mass is 373 g/mol. The van der Waals surface area contributed by atoms with Crippen LogP contribution in [0, 0.1) is 11.6 Å². The summed E-state index contributed by atoms with van der Waals surface area (Å²) in [6.07, 6.45) is 0. The van der Waals surface area contributed by atoms with Crippen molar-refractivity contribution in [2.45, 2.75) is 0 Å². The number of halogens is 2. The molecule has 0 atom stereocenters. The van der Waals surface area contributed by atoms with Gasteiger partial charge in [-0.15, -0.1) is 0 Å². The number of anilines is 2. The number of benzene rings is 2. The Morgan fingerprint density at radius 2 is 1.78 bits per heavy atom. The van der Waals surface area contributed by atoms with Crippen LogP contribution in [0.3, 0.4) is 0 Å². The normalized spacial score (nSPS) is 15.0. The van der Waals surface area contributed by atoms with E-state index in [4.69, 9.17) is 5.73 Å². The Kier molecular flexibility index (Phi) is 5.85. The molecule has 2 aromatic carbocycles. The standard InChI is InChI=1S/C19H21F2N5O/c20-14-6-7-16(21)17(12-14)24-19(22)23-13-18(27)26-10-8-25(9-11-26)15-4-2-1-3-5-15/h1-7,12H,8-11,13H2,(H3,22,23,24). The smallest absolute Gasteiger partial charge is 0.244 e. The summed E-state index contributed by atoms with van der Waals surface area (Å²) in [5, 5.41) is 2.47. The van der Waals surface area contributed by atoms with Crippen LogP contribution < -0.4 is 16.0 Å². The lowest BCUT2D eigenvalue weighted by Crippen LogP contribution is -2.49. The average Bonchev–Trinajstić information content (AvgIpc) is 2.70. The van der Waals surface area contributed by atoms with E-state index < -0.39 is 11.6 Å². The molecule has 0 unspecified atom stereocenters. The molecule has 8 heteroatoms. The molecule has 1 fully saturated rings. The van der Waals surface area contributed by atoms with Gasteiger partial charge in [0, 0.05) is 37.9 Å². The lowest BCUT2D eigenvalue weighted by Gasteiger charge is -2.35. The van der Waals surface area contributed by atoms with Gasteiger partial charge < -0.3 is 20.9 Å². The van der Waals surface area contributed by atoms with Crippen LogP contribution in [0.2, 0.25) is 0 Å². The Balaban J connectivity index is 1.50. The van der Waals surface area contributed by atoms with Crippen molar-refractivity contribution in [2.24, 2.45) is 10.7 Å². The summed E-state index contributed by atoms with van der Waals surface area (Å²) in [6, 6.07) is 13.0. The van der Waals surface area contributed by atoms with E-state index in [-0.39, 0.29) is 24.1 Å². The third-order valence-electron chi connectivity index (χ3n) is 4.33. The van der Waals surface area contributed by atoms with E-state index in [0.717, 1.165) is 37.0 Å². The Morgan fingerprint density at radius 3 is 2.48 bits per heavy atom. The van der Waals surface area contributed by atoms with Crippen molar-refractivity contribution in [3.63, 3.8) is 0 Å². The number of nitrogens with zero attached hydrogens (tertiary/aromatic N) is 3. The first-order valence-corrected chi connectivity index (χ1v) is 8.62. The number of piperazine rings is 1. The van der Waals surface area contributed by atoms with Crippen molar-refractivity contribution in [1.29, 1.82) is 0 Å². The number of guanidine groups is 1. The molecule has 0 bridgehead atoms. The number of amides is 1. The number of carbonyl (C=O) groups is 1. The number of nitrogens with one attached hydrogen (secondary N) is 1. The minimum absolute atomic E-state index is 0.125. The molecular formula is C19H21F2N5O. The molecule has 1 aliphatic rings. The zero-order chi connectivity index (χ0) is 19.2. The van der Waals surface area contributed by atoms with Crippen LogP contribution in [0.5, 0.6) is 0 Å². The zero-order valence-electron chi connectivity index (χ0n) is 14.7. The molecule has 0 aliphatic carbocycles. The summed E-state index contributed by atoms with van der Waals surface area (Å²) in [4.78, 5) is 20.2. The Labute approximate surface area is 156 Å². The van der Waals surface area contributed by atoms with Crippen LogP contribution in [0.4, 0.5) is 20.2 Å². The molecule has 0 spiro atoms. The van der Waals surface area contributed by atoms with Gasteiger partial charge in [0.2, 0.25) is 5.91 Å². The minimum Gasteiger partial charge on any atom is -0.370 e. The Hall–Kier alpha value is -3.16. The maximum atomic E-state index is 13.6. The second-order valence-electron chi connectivity index (χ2n) is 6.15. The van der Waals surface area contributed by atoms with Gasteiger partial charge in [-0.05, 0) is 24.3 Å². The first-order chi connectivity index (χ1) is 13.0. The molecule has 1 heterocycles. The van der Waals surface area contributed by atoms with Gasteiger partial charge in [0.05, 0.1) is 5.69 Å². The Bertz CT molecular complexity index is 820. The van der Waals surface area contributed by atoms with Crippen molar-refractivity contribution in [2.75, 3.05) is 42.9 Å². The molecule has 0 saturated carbocycles. The molecule has 2 aromatic rings. The van der Waals surface area contributed by atoms with Crippen LogP contribution in [0.25, 0.3) is 0 Å². The number of hydrogen-bond acceptors (Lipinski definition) is 3. The van der Waals surface area contributed by atoms with E-state index in [9.17, 15) is 13.6 Å². The van der Waals surface area contributed by atoms with E-state index in [1.807, 2.05) is 30.3 Å². The van der Waals surface area contributed by atoms with E-state index >= 15 is 0 Å². The first-order valence-electron chi connectivity index (χ1n) is 8.62. The fraction of sp³-hybridized carbons (Fsp3) is 0.263. The number of hydrogen-bond donors (Lipinski definition) is 2. The average molecular weight is 373 g/mol. The van der Waals surface area contributed by atoms with Gasteiger partial charge in [0.25, 0.3) is 0 Å². The van der Waals surface area contributed by atoms with E-state index in [2.05, 4.69) is 15.2 Å². The Morgan fingerprint density at radius 1 is 1.07 bits per heavy atom. The fourth-order valence-corrected chi connectivity index (χ4v) is 2.88. The van der Waals surface area contributed by atoms with Crippen LogP contribution in [0.1, 0.15) is 0 Å². The molecule has 6 nitrogen and oxygen atoms in total. The van der Waals surface area contributed by atoms with Gasteiger partial charge in [0.15, 0.2) is 5.96 Å². The highest BCUT2D eigenvalue weighted by Gasteiger charge is 2.20. The predicted octanol–water partition coefficient (Wildman–Crippen LogP) is 2.04. The highest BCUT2D eigenvalue weighted by atomic mass is 19.1. The summed E-state index contributed by atoms with van der Waals surface area (Å²) in [6.45, 7) is 2.51. The predicted molar refractivity (Wildman–Crippen MR) is 102 cm³/mol. The van der Waals surface area contributed by atoms with Gasteiger partial charge in [-0.3, -0.25) is 4.79 Å². The van der Waals surface area contributed by atoms with E-state index in [1.54, 1.807) is 4.90 Å². The van der Waals surface area contributed by atoms with Crippen LogP contribution >= 0.6 is 0 Å². The molecule has 142 valence electrons. The molecule has 0 aromatic heterocycles. The zero-order valence-corrected chi connectivity index (χ0v) is 14.7. The highest BCUT2D eigenvalue weighted by molar-refractivity contribution is 5.94. The van der Waals surface area contributed by atoms with Crippen LogP contribution in [-0.4, -0.2) is 49.5 Å². The van der Waals surface area contributed by atoms with E-state index in [0.29, 0.717) is 13.1 Å². The molecule has 27 heavy (non-hydrogen) atoms. The highest BCUT2D eigenvalue weighted by Crippen LogP contribution is 2.16. The second-order valence-corrected chi connectivity index (χ2v) is 6.15. The van der Waals surface area contributed by atoms with Crippen molar-refractivity contribution >= 4 is 23.2 Å². The summed E-state index contributed by atoms with van der Waals surface area (Å²) < 4.78 is 26.7. The van der Waals surface area contributed by atoms with Gasteiger partial charge >= 0.3 is 0 Å². The number of nitrogens with two attached hydrogens (primary N) is 1. The molecule has 1 aliphatic heterocycles. The molecule has 3 N–H and O–H groups in total. The summed E-state index contributed by atoms with van der Waals surface area (Å²) in [5.41, 5.74) is 6.68. The van der Waals surface area contributed by atoms with Gasteiger partial charge in [-0.25, -0.2) is 13.8 Å². The maximum absolute atomic E-state index is 13.6.